The molecule has 2 rings (SSSR count). The lowest BCUT2D eigenvalue weighted by molar-refractivity contribution is -0.140. The van der Waals surface area contributed by atoms with E-state index in [9.17, 15) is 18.0 Å². The topological polar surface area (TPSA) is 39.2 Å². The van der Waals surface area contributed by atoms with E-state index in [4.69, 9.17) is 4.74 Å². The summed E-state index contributed by atoms with van der Waals surface area (Å²) >= 11 is 0. The Labute approximate surface area is 119 Å². The summed E-state index contributed by atoms with van der Waals surface area (Å²) in [7, 11) is 1.35. The maximum Gasteiger partial charge on any atom is 0.433 e. The number of methoxy groups -OCH3 is 1. The molecule has 0 fully saturated rings. The van der Waals surface area contributed by atoms with Crippen LogP contribution in [0, 0.1) is 5.92 Å². The minimum absolute atomic E-state index is 0.0406. The average molecular weight is 297 g/mol. The van der Waals surface area contributed by atoms with Gasteiger partial charge >= 0.3 is 6.18 Å². The molecule has 3 nitrogen and oxygen atoms in total. The second kappa shape index (κ2) is 5.35. The van der Waals surface area contributed by atoms with Gasteiger partial charge in [0, 0.05) is 16.9 Å². The van der Waals surface area contributed by atoms with Crippen molar-refractivity contribution in [2.45, 2.75) is 20.0 Å². The minimum Gasteiger partial charge on any atom is -0.494 e. The molecule has 0 atom stereocenters. The van der Waals surface area contributed by atoms with Gasteiger partial charge in [-0.2, -0.15) is 13.2 Å². The van der Waals surface area contributed by atoms with Gasteiger partial charge in [0.1, 0.15) is 17.0 Å². The van der Waals surface area contributed by atoms with Crippen LogP contribution in [0.25, 0.3) is 10.9 Å². The van der Waals surface area contributed by atoms with Gasteiger partial charge in [-0.25, -0.2) is 4.98 Å². The number of Topliss-reactive ketones (excluding diaryl/α,β-unsaturated/α-hetero) is 1. The largest absolute Gasteiger partial charge is 0.494 e. The van der Waals surface area contributed by atoms with Crippen LogP contribution < -0.4 is 4.74 Å². The van der Waals surface area contributed by atoms with Crippen LogP contribution in [0.5, 0.6) is 5.75 Å². The van der Waals surface area contributed by atoms with Crippen molar-refractivity contribution in [2.24, 2.45) is 5.92 Å². The molecule has 0 aliphatic rings. The number of nitrogens with zero attached hydrogens (tertiary/aromatic N) is 1. The normalized spacial score (nSPS) is 12.0. The zero-order valence-electron chi connectivity index (χ0n) is 11.8. The number of ketones is 1. The van der Waals surface area contributed by atoms with Gasteiger partial charge < -0.3 is 4.74 Å². The molecule has 6 heteroatoms. The smallest absolute Gasteiger partial charge is 0.433 e. The quantitative estimate of drug-likeness (QED) is 0.801. The van der Waals surface area contributed by atoms with Crippen molar-refractivity contribution < 1.29 is 22.7 Å². The number of rotatable bonds is 3. The van der Waals surface area contributed by atoms with Crippen molar-refractivity contribution >= 4 is 16.7 Å². The molecule has 0 bridgehead atoms. The molecule has 2 aromatic rings. The molecule has 0 N–H and O–H groups in total. The molecule has 0 aliphatic carbocycles. The fourth-order valence-electron chi connectivity index (χ4n) is 2.04. The fourth-order valence-corrected chi connectivity index (χ4v) is 2.04. The van der Waals surface area contributed by atoms with E-state index in [0.29, 0.717) is 10.9 Å². The highest BCUT2D eigenvalue weighted by atomic mass is 19.4. The fraction of sp³-hybridized carbons (Fsp3) is 0.333. The van der Waals surface area contributed by atoms with Crippen molar-refractivity contribution in [1.82, 2.24) is 4.98 Å². The third-order valence-electron chi connectivity index (χ3n) is 3.12. The number of alkyl halides is 3. The number of hydrogen-bond acceptors (Lipinski definition) is 3. The van der Waals surface area contributed by atoms with Crippen LogP contribution >= 0.6 is 0 Å². The minimum atomic E-state index is -4.54. The molecule has 112 valence electrons. The van der Waals surface area contributed by atoms with Crippen LogP contribution in [0.3, 0.4) is 0 Å². The summed E-state index contributed by atoms with van der Waals surface area (Å²) in [6.45, 7) is 3.46. The number of ether oxygens (including phenoxy) is 1. The number of fused-ring (bicyclic) bond motifs is 1. The summed E-state index contributed by atoms with van der Waals surface area (Å²) in [5.41, 5.74) is -0.622. The number of carbonyl (C=O) groups excluding carboxylic acids is 1. The maximum atomic E-state index is 12.8. The average Bonchev–Trinajstić information content (AvgIpc) is 2.43. The SMILES string of the molecule is COc1ccc(C(=O)C(C)C)c2ccc(C(F)(F)F)nc12. The van der Waals surface area contributed by atoms with Gasteiger partial charge in [-0.1, -0.05) is 13.8 Å². The summed E-state index contributed by atoms with van der Waals surface area (Å²) in [5.74, 6) is -0.204. The van der Waals surface area contributed by atoms with Gasteiger partial charge in [0.2, 0.25) is 0 Å². The number of benzene rings is 1. The van der Waals surface area contributed by atoms with Crippen molar-refractivity contribution in [3.05, 3.63) is 35.5 Å². The Bertz CT molecular complexity index is 693. The Kier molecular flexibility index (Phi) is 3.89. The summed E-state index contributed by atoms with van der Waals surface area (Å²) in [4.78, 5) is 15.8. The van der Waals surface area contributed by atoms with Crippen LogP contribution in [-0.4, -0.2) is 17.9 Å². The molecular weight excluding hydrogens is 283 g/mol. The molecule has 0 saturated heterocycles. The Morgan fingerprint density at radius 1 is 1.19 bits per heavy atom. The summed E-state index contributed by atoms with van der Waals surface area (Å²) in [6, 6.07) is 5.16. The van der Waals surface area contributed by atoms with Crippen LogP contribution in [0.1, 0.15) is 29.9 Å². The third-order valence-corrected chi connectivity index (χ3v) is 3.12. The van der Waals surface area contributed by atoms with E-state index in [1.165, 1.54) is 19.2 Å². The Morgan fingerprint density at radius 3 is 2.38 bits per heavy atom. The molecule has 0 spiro atoms. The first-order valence-electron chi connectivity index (χ1n) is 6.35. The molecule has 0 saturated carbocycles. The first-order chi connectivity index (χ1) is 9.75. The Morgan fingerprint density at radius 2 is 1.86 bits per heavy atom. The standard InChI is InChI=1S/C15H14F3NO2/c1-8(2)14(20)10-4-6-11(21-3)13-9(10)5-7-12(19-13)15(16,17)18/h4-8H,1-3H3. The third kappa shape index (κ3) is 2.84. The monoisotopic (exact) mass is 297 g/mol. The number of hydrogen-bond donors (Lipinski definition) is 0. The van der Waals surface area contributed by atoms with Gasteiger partial charge in [-0.3, -0.25) is 4.79 Å². The van der Waals surface area contributed by atoms with E-state index in [2.05, 4.69) is 4.98 Å². The molecule has 0 unspecified atom stereocenters. The van der Waals surface area contributed by atoms with Gasteiger partial charge in [-0.15, -0.1) is 0 Å². The van der Waals surface area contributed by atoms with Gasteiger partial charge in [-0.05, 0) is 24.3 Å². The highest BCUT2D eigenvalue weighted by molar-refractivity contribution is 6.09. The molecule has 1 heterocycles. The van der Waals surface area contributed by atoms with Crippen LogP contribution in [0.15, 0.2) is 24.3 Å². The van der Waals surface area contributed by atoms with Crippen molar-refractivity contribution in [3.8, 4) is 5.75 Å². The van der Waals surface area contributed by atoms with Crippen LogP contribution in [0.2, 0.25) is 0 Å². The van der Waals surface area contributed by atoms with Crippen LogP contribution in [-0.2, 0) is 6.18 Å². The molecule has 21 heavy (non-hydrogen) atoms. The molecular formula is C15H14F3NO2. The molecule has 0 radical (unpaired) electrons. The number of aromatic nitrogens is 1. The first-order valence-corrected chi connectivity index (χ1v) is 6.35. The van der Waals surface area contributed by atoms with Crippen molar-refractivity contribution in [3.63, 3.8) is 0 Å². The van der Waals surface area contributed by atoms with E-state index >= 15 is 0 Å². The lowest BCUT2D eigenvalue weighted by Gasteiger charge is -2.13. The van der Waals surface area contributed by atoms with Gasteiger partial charge in [0.25, 0.3) is 0 Å². The zero-order valence-corrected chi connectivity index (χ0v) is 11.8. The second-order valence-corrected chi connectivity index (χ2v) is 4.92. The lowest BCUT2D eigenvalue weighted by atomic mass is 9.96. The van der Waals surface area contributed by atoms with E-state index in [0.717, 1.165) is 6.07 Å². The van der Waals surface area contributed by atoms with Gasteiger partial charge in [0.15, 0.2) is 5.78 Å². The van der Waals surface area contributed by atoms with E-state index in [1.807, 2.05) is 0 Å². The van der Waals surface area contributed by atoms with Crippen molar-refractivity contribution in [1.29, 1.82) is 0 Å². The predicted octanol–water partition coefficient (Wildman–Crippen LogP) is 4.10. The van der Waals surface area contributed by atoms with E-state index < -0.39 is 11.9 Å². The molecule has 1 aromatic heterocycles. The Hall–Kier alpha value is -2.11. The maximum absolute atomic E-state index is 12.8. The second-order valence-electron chi connectivity index (χ2n) is 4.92. The highest BCUT2D eigenvalue weighted by Crippen LogP contribution is 2.33. The predicted molar refractivity (Wildman–Crippen MR) is 72.5 cm³/mol. The summed E-state index contributed by atoms with van der Waals surface area (Å²) < 4.78 is 43.4. The van der Waals surface area contributed by atoms with Gasteiger partial charge in [0.05, 0.1) is 7.11 Å². The van der Waals surface area contributed by atoms with E-state index in [-0.39, 0.29) is 23.0 Å². The summed E-state index contributed by atoms with van der Waals surface area (Å²) in [5, 5.41) is 0.362. The summed E-state index contributed by atoms with van der Waals surface area (Å²) in [6.07, 6.45) is -4.54. The molecule has 1 aromatic carbocycles. The zero-order chi connectivity index (χ0) is 15.8. The number of halogens is 3. The first kappa shape index (κ1) is 15.3. The number of carbonyl (C=O) groups is 1. The van der Waals surface area contributed by atoms with Crippen LogP contribution in [0.4, 0.5) is 13.2 Å². The van der Waals surface area contributed by atoms with Crippen molar-refractivity contribution in [2.75, 3.05) is 7.11 Å². The highest BCUT2D eigenvalue weighted by Gasteiger charge is 2.33. The molecule has 0 aliphatic heterocycles. The number of pyridine rings is 1. The van der Waals surface area contributed by atoms with E-state index in [1.54, 1.807) is 19.9 Å². The lowest BCUT2D eigenvalue weighted by Crippen LogP contribution is -2.11. The molecule has 0 amide bonds. The Balaban J connectivity index is 2.75.